The van der Waals surface area contributed by atoms with E-state index < -0.39 is 0 Å². The van der Waals surface area contributed by atoms with Gasteiger partial charge in [0.25, 0.3) is 0 Å². The molecule has 9 heavy (non-hydrogen) atoms. The lowest BCUT2D eigenvalue weighted by Crippen LogP contribution is -2.02. The minimum absolute atomic E-state index is 0.0880. The number of hydrogen-bond acceptors (Lipinski definition) is 3. The molecule has 0 aromatic heterocycles. The van der Waals surface area contributed by atoms with Crippen LogP contribution in [0.4, 0.5) is 0 Å². The van der Waals surface area contributed by atoms with Crippen LogP contribution in [0, 0.1) is 0 Å². The van der Waals surface area contributed by atoms with Crippen molar-refractivity contribution in [3.63, 3.8) is 0 Å². The maximum absolute atomic E-state index is 5.07. The number of rotatable bonds is 4. The van der Waals surface area contributed by atoms with Gasteiger partial charge in [0.05, 0.1) is 0 Å². The van der Waals surface area contributed by atoms with E-state index in [1.54, 1.807) is 0 Å². The van der Waals surface area contributed by atoms with E-state index in [1.165, 1.54) is 0 Å². The van der Waals surface area contributed by atoms with Crippen LogP contribution in [0.3, 0.4) is 0 Å². The molecule has 0 aliphatic carbocycles. The Morgan fingerprint density at radius 1 is 1.11 bits per heavy atom. The van der Waals surface area contributed by atoms with Crippen LogP contribution in [0.15, 0.2) is 0 Å². The highest BCUT2D eigenvalue weighted by Gasteiger charge is 2.40. The van der Waals surface area contributed by atoms with Crippen molar-refractivity contribution >= 4 is 0 Å². The summed E-state index contributed by atoms with van der Waals surface area (Å²) in [4.78, 5) is 0. The Labute approximate surface area is 54.9 Å². The molecule has 54 valence electrons. The summed E-state index contributed by atoms with van der Waals surface area (Å²) in [6.45, 7) is 5.25. The lowest BCUT2D eigenvalue weighted by Gasteiger charge is -1.92. The van der Waals surface area contributed by atoms with Crippen LogP contribution >= 0.6 is 0 Å². The highest BCUT2D eigenvalue weighted by molar-refractivity contribution is 4.65. The fourth-order valence-electron chi connectivity index (χ4n) is 0.651. The first-order valence-electron chi connectivity index (χ1n) is 3.27. The van der Waals surface area contributed by atoms with Gasteiger partial charge in [0.2, 0.25) is 12.6 Å². The molecule has 0 aromatic rings. The van der Waals surface area contributed by atoms with Crippen LogP contribution in [0.25, 0.3) is 0 Å². The second-order valence-electron chi connectivity index (χ2n) is 1.78. The summed E-state index contributed by atoms with van der Waals surface area (Å²) in [5.41, 5.74) is 0. The number of epoxide rings is 1. The fraction of sp³-hybridized carbons (Fsp3) is 1.00. The molecule has 0 N–H and O–H groups in total. The molecule has 2 atom stereocenters. The van der Waals surface area contributed by atoms with Gasteiger partial charge in [-0.25, -0.2) is 0 Å². The quantitative estimate of drug-likeness (QED) is 0.529. The molecule has 0 spiro atoms. The molecule has 1 aliphatic rings. The van der Waals surface area contributed by atoms with Crippen molar-refractivity contribution in [1.82, 2.24) is 0 Å². The van der Waals surface area contributed by atoms with E-state index >= 15 is 0 Å². The summed E-state index contributed by atoms with van der Waals surface area (Å²) in [5, 5.41) is 0. The molecule has 3 nitrogen and oxygen atoms in total. The molecule has 0 radical (unpaired) electrons. The molecule has 2 unspecified atom stereocenters. The van der Waals surface area contributed by atoms with E-state index in [9.17, 15) is 0 Å². The van der Waals surface area contributed by atoms with E-state index in [2.05, 4.69) is 0 Å². The van der Waals surface area contributed by atoms with E-state index in [-0.39, 0.29) is 12.6 Å². The van der Waals surface area contributed by atoms with Gasteiger partial charge < -0.3 is 14.2 Å². The van der Waals surface area contributed by atoms with Crippen molar-refractivity contribution in [1.29, 1.82) is 0 Å². The molecular formula is C6H12O3. The Bertz CT molecular complexity index is 74.4. The summed E-state index contributed by atoms with van der Waals surface area (Å²) in [7, 11) is 0. The second-order valence-corrected chi connectivity index (χ2v) is 1.78. The van der Waals surface area contributed by atoms with Crippen LogP contribution in [-0.4, -0.2) is 25.8 Å². The van der Waals surface area contributed by atoms with Crippen molar-refractivity contribution < 1.29 is 14.2 Å². The Morgan fingerprint density at radius 3 is 1.89 bits per heavy atom. The van der Waals surface area contributed by atoms with E-state index in [4.69, 9.17) is 14.2 Å². The van der Waals surface area contributed by atoms with Crippen molar-refractivity contribution in [2.45, 2.75) is 26.4 Å². The number of ether oxygens (including phenoxy) is 3. The Hall–Kier alpha value is -0.120. The molecule has 1 aliphatic heterocycles. The van der Waals surface area contributed by atoms with Crippen LogP contribution in [-0.2, 0) is 14.2 Å². The van der Waals surface area contributed by atoms with Crippen LogP contribution in [0.1, 0.15) is 13.8 Å². The average Bonchev–Trinajstić information content (AvgIpc) is 2.50. The zero-order valence-corrected chi connectivity index (χ0v) is 5.79. The van der Waals surface area contributed by atoms with Crippen LogP contribution < -0.4 is 0 Å². The summed E-state index contributed by atoms with van der Waals surface area (Å²) in [6.07, 6.45) is -0.176. The summed E-state index contributed by atoms with van der Waals surface area (Å²) < 4.78 is 15.1. The minimum Gasteiger partial charge on any atom is -0.348 e. The normalized spacial score (nSPS) is 32.7. The Balaban J connectivity index is 1.96. The van der Waals surface area contributed by atoms with Crippen molar-refractivity contribution in [2.24, 2.45) is 0 Å². The highest BCUT2D eigenvalue weighted by atomic mass is 16.9. The molecule has 0 aromatic carbocycles. The maximum atomic E-state index is 5.07. The van der Waals surface area contributed by atoms with Gasteiger partial charge >= 0.3 is 0 Å². The average molecular weight is 132 g/mol. The minimum atomic E-state index is -0.0880. The third-order valence-corrected chi connectivity index (χ3v) is 1.08. The van der Waals surface area contributed by atoms with E-state index in [0.717, 1.165) is 0 Å². The molecule has 1 saturated heterocycles. The summed E-state index contributed by atoms with van der Waals surface area (Å²) in [5.74, 6) is 0. The van der Waals surface area contributed by atoms with Gasteiger partial charge in [-0.2, -0.15) is 0 Å². The SMILES string of the molecule is CCOC1OC1OCC. The molecule has 0 saturated carbocycles. The smallest absolute Gasteiger partial charge is 0.212 e. The van der Waals surface area contributed by atoms with Gasteiger partial charge in [-0.1, -0.05) is 0 Å². The van der Waals surface area contributed by atoms with Crippen LogP contribution in [0.2, 0.25) is 0 Å². The first-order valence-corrected chi connectivity index (χ1v) is 3.27. The van der Waals surface area contributed by atoms with Gasteiger partial charge in [-0.15, -0.1) is 0 Å². The van der Waals surface area contributed by atoms with Gasteiger partial charge in [-0.3, -0.25) is 0 Å². The molecular weight excluding hydrogens is 120 g/mol. The fourth-order valence-corrected chi connectivity index (χ4v) is 0.651. The van der Waals surface area contributed by atoms with E-state index in [0.29, 0.717) is 13.2 Å². The molecule has 3 heteroatoms. The zero-order chi connectivity index (χ0) is 6.69. The van der Waals surface area contributed by atoms with Crippen molar-refractivity contribution in [3.05, 3.63) is 0 Å². The van der Waals surface area contributed by atoms with Crippen LogP contribution in [0.5, 0.6) is 0 Å². The van der Waals surface area contributed by atoms with Gasteiger partial charge in [0.1, 0.15) is 0 Å². The molecule has 1 rings (SSSR count). The predicted molar refractivity (Wildman–Crippen MR) is 31.9 cm³/mol. The van der Waals surface area contributed by atoms with Gasteiger partial charge in [0, 0.05) is 13.2 Å². The lowest BCUT2D eigenvalue weighted by molar-refractivity contribution is 0.0535. The standard InChI is InChI=1S/C6H12O3/c1-3-7-5-6(9-5)8-4-2/h5-6H,3-4H2,1-2H3. The van der Waals surface area contributed by atoms with E-state index in [1.807, 2.05) is 13.8 Å². The van der Waals surface area contributed by atoms with Gasteiger partial charge in [-0.05, 0) is 13.8 Å². The Kier molecular flexibility index (Phi) is 2.45. The predicted octanol–water partition coefficient (Wildman–Crippen LogP) is 0.742. The summed E-state index contributed by atoms with van der Waals surface area (Å²) in [6, 6.07) is 0. The van der Waals surface area contributed by atoms with Crippen molar-refractivity contribution in [3.8, 4) is 0 Å². The third-order valence-electron chi connectivity index (χ3n) is 1.08. The third kappa shape index (κ3) is 1.93. The lowest BCUT2D eigenvalue weighted by atomic mass is 10.7. The monoisotopic (exact) mass is 132 g/mol. The maximum Gasteiger partial charge on any atom is 0.212 e. The molecule has 1 fully saturated rings. The summed E-state index contributed by atoms with van der Waals surface area (Å²) >= 11 is 0. The number of hydrogen-bond donors (Lipinski definition) is 0. The topological polar surface area (TPSA) is 31.0 Å². The second kappa shape index (κ2) is 3.15. The van der Waals surface area contributed by atoms with Crippen molar-refractivity contribution in [2.75, 3.05) is 13.2 Å². The largest absolute Gasteiger partial charge is 0.348 e. The Morgan fingerprint density at radius 2 is 1.56 bits per heavy atom. The first-order chi connectivity index (χ1) is 4.38. The first kappa shape index (κ1) is 6.99. The van der Waals surface area contributed by atoms with Gasteiger partial charge in [0.15, 0.2) is 0 Å². The zero-order valence-electron chi connectivity index (χ0n) is 5.79. The molecule has 0 bridgehead atoms. The highest BCUT2D eigenvalue weighted by Crippen LogP contribution is 2.23. The molecule has 0 amide bonds. The molecule has 1 heterocycles.